The first-order valence-corrected chi connectivity index (χ1v) is 8.79. The maximum atomic E-state index is 14.9. The molecule has 2 saturated heterocycles. The highest BCUT2D eigenvalue weighted by molar-refractivity contribution is 4.90. The lowest BCUT2D eigenvalue weighted by Gasteiger charge is -2.41. The summed E-state index contributed by atoms with van der Waals surface area (Å²) in [7, 11) is 0. The molecule has 0 aliphatic carbocycles. The third kappa shape index (κ3) is 4.70. The second-order valence-corrected chi connectivity index (χ2v) is 7.00. The van der Waals surface area contributed by atoms with E-state index < -0.39 is 5.67 Å². The summed E-state index contributed by atoms with van der Waals surface area (Å²) in [6, 6.07) is 0. The van der Waals surface area contributed by atoms with Gasteiger partial charge >= 0.3 is 0 Å². The van der Waals surface area contributed by atoms with Gasteiger partial charge in [-0.2, -0.15) is 0 Å². The van der Waals surface area contributed by atoms with E-state index in [1.54, 1.807) is 0 Å². The Balaban J connectivity index is 1.71. The maximum absolute atomic E-state index is 14.9. The van der Waals surface area contributed by atoms with E-state index in [0.29, 0.717) is 6.54 Å². The summed E-state index contributed by atoms with van der Waals surface area (Å²) in [5.41, 5.74) is -0.915. The molecule has 0 amide bonds. The highest BCUT2D eigenvalue weighted by Crippen LogP contribution is 2.30. The maximum Gasteiger partial charge on any atom is 0.126 e. The molecule has 0 unspecified atom stereocenters. The van der Waals surface area contributed by atoms with E-state index in [1.165, 1.54) is 32.1 Å². The molecular formula is C17H33FN2. The van der Waals surface area contributed by atoms with Crippen molar-refractivity contribution in [3.8, 4) is 0 Å². The van der Waals surface area contributed by atoms with Crippen LogP contribution in [0, 0.1) is 5.92 Å². The Morgan fingerprint density at radius 1 is 0.950 bits per heavy atom. The van der Waals surface area contributed by atoms with Gasteiger partial charge in [0.25, 0.3) is 0 Å². The summed E-state index contributed by atoms with van der Waals surface area (Å²) in [5.74, 6) is 0.901. The van der Waals surface area contributed by atoms with Crippen molar-refractivity contribution in [3.63, 3.8) is 0 Å². The monoisotopic (exact) mass is 284 g/mol. The number of hydrogen-bond acceptors (Lipinski definition) is 2. The lowest BCUT2D eigenvalue weighted by Crippen LogP contribution is -2.49. The van der Waals surface area contributed by atoms with Crippen molar-refractivity contribution < 1.29 is 4.39 Å². The molecule has 0 bridgehead atoms. The second kappa shape index (κ2) is 7.74. The molecule has 0 aromatic rings. The van der Waals surface area contributed by atoms with Gasteiger partial charge in [0.15, 0.2) is 0 Å². The molecule has 2 nitrogen and oxygen atoms in total. The fourth-order valence-electron chi connectivity index (χ4n) is 3.89. The smallest absolute Gasteiger partial charge is 0.126 e. The van der Waals surface area contributed by atoms with Crippen LogP contribution in [0.25, 0.3) is 0 Å². The third-order valence-corrected chi connectivity index (χ3v) is 5.20. The van der Waals surface area contributed by atoms with Gasteiger partial charge in [0.05, 0.1) is 0 Å². The zero-order valence-corrected chi connectivity index (χ0v) is 13.5. The van der Waals surface area contributed by atoms with Gasteiger partial charge in [0, 0.05) is 19.6 Å². The van der Waals surface area contributed by atoms with Crippen molar-refractivity contribution in [2.45, 2.75) is 64.5 Å². The first kappa shape index (κ1) is 16.2. The molecule has 2 aliphatic heterocycles. The lowest BCUT2D eigenvalue weighted by atomic mass is 9.89. The van der Waals surface area contributed by atoms with Crippen LogP contribution in [0.5, 0.6) is 0 Å². The Bertz CT molecular complexity index is 266. The van der Waals surface area contributed by atoms with Gasteiger partial charge in [-0.25, -0.2) is 4.39 Å². The van der Waals surface area contributed by atoms with E-state index in [4.69, 9.17) is 0 Å². The highest BCUT2D eigenvalue weighted by Gasteiger charge is 2.36. The molecule has 20 heavy (non-hydrogen) atoms. The Morgan fingerprint density at radius 2 is 1.60 bits per heavy atom. The largest absolute Gasteiger partial charge is 0.303 e. The Morgan fingerprint density at radius 3 is 2.15 bits per heavy atom. The number of likely N-dealkylation sites (tertiary alicyclic amines) is 2. The number of halogens is 1. The van der Waals surface area contributed by atoms with Crippen LogP contribution < -0.4 is 0 Å². The van der Waals surface area contributed by atoms with Crippen molar-refractivity contribution in [1.29, 1.82) is 0 Å². The Labute approximate surface area is 124 Å². The minimum Gasteiger partial charge on any atom is -0.303 e. The fraction of sp³-hybridized carbons (Fsp3) is 1.00. The normalized spacial score (nSPS) is 25.9. The SMILES string of the molecule is CCCC1CCN(CC2(F)CCN(CCC)CC2)CC1. The Kier molecular flexibility index (Phi) is 6.28. The number of hydrogen-bond donors (Lipinski definition) is 0. The quantitative estimate of drug-likeness (QED) is 0.733. The summed E-state index contributed by atoms with van der Waals surface area (Å²) >= 11 is 0. The first-order valence-electron chi connectivity index (χ1n) is 8.79. The predicted molar refractivity (Wildman–Crippen MR) is 83.9 cm³/mol. The fourth-order valence-corrected chi connectivity index (χ4v) is 3.89. The number of alkyl halides is 1. The molecule has 2 aliphatic rings. The van der Waals surface area contributed by atoms with Crippen molar-refractivity contribution in [3.05, 3.63) is 0 Å². The summed E-state index contributed by atoms with van der Waals surface area (Å²) in [6.07, 6.45) is 7.89. The standard InChI is InChI=1S/C17H33FN2/c1-3-5-16-6-11-20(12-7-16)15-17(18)8-13-19(10-4-2)14-9-17/h16H,3-15H2,1-2H3. The molecule has 0 radical (unpaired) electrons. The van der Waals surface area contributed by atoms with Crippen LogP contribution in [-0.2, 0) is 0 Å². The molecular weight excluding hydrogens is 251 g/mol. The zero-order chi connectivity index (χ0) is 14.4. The van der Waals surface area contributed by atoms with E-state index >= 15 is 0 Å². The third-order valence-electron chi connectivity index (χ3n) is 5.20. The van der Waals surface area contributed by atoms with Crippen LogP contribution in [0.15, 0.2) is 0 Å². The molecule has 118 valence electrons. The van der Waals surface area contributed by atoms with Crippen LogP contribution in [-0.4, -0.2) is 54.7 Å². The van der Waals surface area contributed by atoms with Gasteiger partial charge < -0.3 is 9.80 Å². The molecule has 0 N–H and O–H groups in total. The average Bonchev–Trinajstić information content (AvgIpc) is 2.44. The summed E-state index contributed by atoms with van der Waals surface area (Å²) in [6.45, 7) is 10.5. The average molecular weight is 284 g/mol. The summed E-state index contributed by atoms with van der Waals surface area (Å²) < 4.78 is 14.9. The van der Waals surface area contributed by atoms with Gasteiger partial charge in [-0.3, -0.25) is 0 Å². The van der Waals surface area contributed by atoms with Gasteiger partial charge in [0.1, 0.15) is 5.67 Å². The number of nitrogens with zero attached hydrogens (tertiary/aromatic N) is 2. The number of piperidine rings is 2. The molecule has 0 spiro atoms. The number of rotatable bonds is 6. The highest BCUT2D eigenvalue weighted by atomic mass is 19.1. The summed E-state index contributed by atoms with van der Waals surface area (Å²) in [4.78, 5) is 4.81. The lowest BCUT2D eigenvalue weighted by molar-refractivity contribution is 0.0146. The molecule has 0 atom stereocenters. The van der Waals surface area contributed by atoms with E-state index in [1.807, 2.05) is 0 Å². The summed E-state index contributed by atoms with van der Waals surface area (Å²) in [5, 5.41) is 0. The van der Waals surface area contributed by atoms with Crippen LogP contribution in [0.3, 0.4) is 0 Å². The van der Waals surface area contributed by atoms with Crippen LogP contribution in [0.4, 0.5) is 4.39 Å². The van der Waals surface area contributed by atoms with Crippen molar-refractivity contribution >= 4 is 0 Å². The van der Waals surface area contributed by atoms with Crippen LogP contribution in [0.1, 0.15) is 58.8 Å². The molecule has 2 rings (SSSR count). The molecule has 0 saturated carbocycles. The van der Waals surface area contributed by atoms with Gasteiger partial charge in [-0.05, 0) is 57.7 Å². The molecule has 2 heterocycles. The van der Waals surface area contributed by atoms with Gasteiger partial charge in [-0.15, -0.1) is 0 Å². The minimum absolute atomic E-state index is 0.686. The molecule has 0 aromatic carbocycles. The zero-order valence-electron chi connectivity index (χ0n) is 13.5. The van der Waals surface area contributed by atoms with E-state index in [0.717, 1.165) is 51.5 Å². The topological polar surface area (TPSA) is 6.48 Å². The van der Waals surface area contributed by atoms with Gasteiger partial charge in [-0.1, -0.05) is 26.7 Å². The van der Waals surface area contributed by atoms with E-state index in [-0.39, 0.29) is 0 Å². The van der Waals surface area contributed by atoms with Crippen molar-refractivity contribution in [2.24, 2.45) is 5.92 Å². The minimum atomic E-state index is -0.915. The molecule has 2 fully saturated rings. The van der Waals surface area contributed by atoms with E-state index in [9.17, 15) is 4.39 Å². The predicted octanol–water partition coefficient (Wildman–Crippen LogP) is 3.71. The van der Waals surface area contributed by atoms with Crippen LogP contribution >= 0.6 is 0 Å². The van der Waals surface area contributed by atoms with Crippen LogP contribution in [0.2, 0.25) is 0 Å². The van der Waals surface area contributed by atoms with Gasteiger partial charge in [0.2, 0.25) is 0 Å². The van der Waals surface area contributed by atoms with Crippen molar-refractivity contribution in [2.75, 3.05) is 39.3 Å². The van der Waals surface area contributed by atoms with E-state index in [2.05, 4.69) is 23.6 Å². The molecule has 3 heteroatoms. The second-order valence-electron chi connectivity index (χ2n) is 7.00. The first-order chi connectivity index (χ1) is 9.65. The van der Waals surface area contributed by atoms with Crippen molar-refractivity contribution in [1.82, 2.24) is 9.80 Å². The molecule has 0 aromatic heterocycles. The Hall–Kier alpha value is -0.150.